The van der Waals surface area contributed by atoms with E-state index in [1.807, 2.05) is 0 Å². The van der Waals surface area contributed by atoms with Gasteiger partial charge in [-0.15, -0.1) is 0 Å². The van der Waals surface area contributed by atoms with E-state index in [9.17, 15) is 0 Å². The summed E-state index contributed by atoms with van der Waals surface area (Å²) in [5, 5.41) is 0. The molecule has 3 aliphatic rings. The van der Waals surface area contributed by atoms with Crippen LogP contribution in [-0.4, -0.2) is 0 Å². The lowest BCUT2D eigenvalue weighted by Crippen LogP contribution is -2.35. The van der Waals surface area contributed by atoms with Gasteiger partial charge < -0.3 is 0 Å². The summed E-state index contributed by atoms with van der Waals surface area (Å²) in [7, 11) is 0. The summed E-state index contributed by atoms with van der Waals surface area (Å²) in [5.41, 5.74) is 0.578. The third kappa shape index (κ3) is 6.24. The van der Waals surface area contributed by atoms with Gasteiger partial charge >= 0.3 is 0 Å². The molecule has 3 rings (SSSR count). The largest absolute Gasteiger partial charge is 0.0625 e. The highest BCUT2D eigenvalue weighted by Gasteiger charge is 2.38. The van der Waals surface area contributed by atoms with Crippen molar-refractivity contribution in [3.05, 3.63) is 0 Å². The van der Waals surface area contributed by atoms with Gasteiger partial charge in [0, 0.05) is 0 Å². The Morgan fingerprint density at radius 2 is 0.815 bits per heavy atom. The zero-order chi connectivity index (χ0) is 19.1. The van der Waals surface area contributed by atoms with E-state index in [4.69, 9.17) is 0 Å². The van der Waals surface area contributed by atoms with Crippen LogP contribution in [0.3, 0.4) is 0 Å². The second-order valence-electron chi connectivity index (χ2n) is 11.6. The Morgan fingerprint density at radius 1 is 0.444 bits per heavy atom. The average Bonchev–Trinajstić information content (AvgIpc) is 3.17. The molecule has 0 spiro atoms. The van der Waals surface area contributed by atoms with E-state index in [0.717, 1.165) is 29.6 Å². The van der Waals surface area contributed by atoms with Crippen LogP contribution in [0.1, 0.15) is 136 Å². The van der Waals surface area contributed by atoms with Gasteiger partial charge in [0.2, 0.25) is 0 Å². The first kappa shape index (κ1) is 21.7. The lowest BCUT2D eigenvalue weighted by atomic mass is 9.61. The molecule has 0 aromatic heterocycles. The van der Waals surface area contributed by atoms with Gasteiger partial charge in [-0.3, -0.25) is 0 Å². The molecule has 0 aromatic carbocycles. The zero-order valence-corrected chi connectivity index (χ0v) is 19.1. The molecule has 0 saturated heterocycles. The van der Waals surface area contributed by atoms with Crippen LogP contribution in [0.25, 0.3) is 0 Å². The van der Waals surface area contributed by atoms with Crippen molar-refractivity contribution < 1.29 is 0 Å². The SMILES string of the molecule is CC1CCC(C(C)(C)C2CCCCCCC(C3CCCC3)CCCC2)CC1. The molecule has 0 heteroatoms. The molecule has 0 radical (unpaired) electrons. The molecule has 3 fully saturated rings. The van der Waals surface area contributed by atoms with Crippen molar-refractivity contribution in [2.75, 3.05) is 0 Å². The van der Waals surface area contributed by atoms with Gasteiger partial charge in [-0.25, -0.2) is 0 Å². The van der Waals surface area contributed by atoms with Gasteiger partial charge in [0.25, 0.3) is 0 Å². The minimum atomic E-state index is 0.578. The molecule has 3 saturated carbocycles. The molecule has 0 bridgehead atoms. The van der Waals surface area contributed by atoms with Crippen LogP contribution in [0.2, 0.25) is 0 Å². The van der Waals surface area contributed by atoms with Crippen molar-refractivity contribution in [1.82, 2.24) is 0 Å². The van der Waals surface area contributed by atoms with Crippen LogP contribution in [-0.2, 0) is 0 Å². The quantitative estimate of drug-likeness (QED) is 0.462. The summed E-state index contributed by atoms with van der Waals surface area (Å²) in [5.74, 6) is 5.15. The summed E-state index contributed by atoms with van der Waals surface area (Å²) >= 11 is 0. The first-order valence-corrected chi connectivity index (χ1v) is 13.1. The molecule has 3 aliphatic carbocycles. The Morgan fingerprint density at radius 3 is 1.33 bits per heavy atom. The zero-order valence-electron chi connectivity index (χ0n) is 19.1. The molecule has 0 N–H and O–H groups in total. The van der Waals surface area contributed by atoms with Crippen molar-refractivity contribution in [3.8, 4) is 0 Å². The molecule has 2 unspecified atom stereocenters. The summed E-state index contributed by atoms with van der Waals surface area (Å²) in [6, 6.07) is 0. The Balaban J connectivity index is 1.55. The number of rotatable bonds is 3. The van der Waals surface area contributed by atoms with E-state index in [-0.39, 0.29) is 0 Å². The summed E-state index contributed by atoms with van der Waals surface area (Å²) in [6.07, 6.45) is 27.4. The van der Waals surface area contributed by atoms with Crippen LogP contribution in [0, 0.1) is 35.0 Å². The van der Waals surface area contributed by atoms with Crippen LogP contribution in [0.15, 0.2) is 0 Å². The maximum atomic E-state index is 2.66. The van der Waals surface area contributed by atoms with Crippen LogP contribution >= 0.6 is 0 Å². The highest BCUT2D eigenvalue weighted by molar-refractivity contribution is 4.88. The maximum Gasteiger partial charge on any atom is -0.0298 e. The Kier molecular flexibility index (Phi) is 8.59. The van der Waals surface area contributed by atoms with Gasteiger partial charge in [0.05, 0.1) is 0 Å². The van der Waals surface area contributed by atoms with E-state index in [0.29, 0.717) is 5.41 Å². The van der Waals surface area contributed by atoms with Crippen molar-refractivity contribution in [2.45, 2.75) is 136 Å². The van der Waals surface area contributed by atoms with E-state index in [2.05, 4.69) is 20.8 Å². The van der Waals surface area contributed by atoms with Crippen molar-refractivity contribution in [2.24, 2.45) is 35.0 Å². The first-order chi connectivity index (χ1) is 13.1. The molecule has 27 heavy (non-hydrogen) atoms. The topological polar surface area (TPSA) is 0 Å². The third-order valence-corrected chi connectivity index (χ3v) is 9.44. The number of hydrogen-bond acceptors (Lipinski definition) is 0. The first-order valence-electron chi connectivity index (χ1n) is 13.1. The lowest BCUT2D eigenvalue weighted by molar-refractivity contribution is 0.0573. The molecule has 158 valence electrons. The molecule has 0 nitrogen and oxygen atoms in total. The lowest BCUT2D eigenvalue weighted by Gasteiger charge is -2.44. The molecular weight excluding hydrogens is 324 g/mol. The molecule has 0 aliphatic heterocycles. The number of hydrogen-bond donors (Lipinski definition) is 0. The second kappa shape index (κ2) is 10.7. The average molecular weight is 375 g/mol. The second-order valence-corrected chi connectivity index (χ2v) is 11.6. The fraction of sp³-hybridized carbons (Fsp3) is 1.00. The summed E-state index contributed by atoms with van der Waals surface area (Å²) < 4.78 is 0. The highest BCUT2D eigenvalue weighted by atomic mass is 14.4. The van der Waals surface area contributed by atoms with Crippen LogP contribution in [0.4, 0.5) is 0 Å². The van der Waals surface area contributed by atoms with Gasteiger partial charge in [0.1, 0.15) is 0 Å². The van der Waals surface area contributed by atoms with Crippen LogP contribution in [0.5, 0.6) is 0 Å². The van der Waals surface area contributed by atoms with Crippen molar-refractivity contribution in [1.29, 1.82) is 0 Å². The monoisotopic (exact) mass is 374 g/mol. The predicted octanol–water partition coefficient (Wildman–Crippen LogP) is 9.18. The minimum Gasteiger partial charge on any atom is -0.0625 e. The van der Waals surface area contributed by atoms with E-state index < -0.39 is 0 Å². The predicted molar refractivity (Wildman–Crippen MR) is 120 cm³/mol. The molecular formula is C27H50. The van der Waals surface area contributed by atoms with Gasteiger partial charge in [-0.05, 0) is 60.7 Å². The minimum absolute atomic E-state index is 0.578. The molecule has 0 aromatic rings. The maximum absolute atomic E-state index is 2.66. The fourth-order valence-corrected chi connectivity index (χ4v) is 7.22. The van der Waals surface area contributed by atoms with E-state index in [1.54, 1.807) is 25.7 Å². The molecule has 0 amide bonds. The van der Waals surface area contributed by atoms with E-state index in [1.165, 1.54) is 89.9 Å². The molecule has 0 heterocycles. The smallest absolute Gasteiger partial charge is 0.0298 e. The van der Waals surface area contributed by atoms with Gasteiger partial charge in [-0.1, -0.05) is 111 Å². The van der Waals surface area contributed by atoms with Crippen molar-refractivity contribution >= 4 is 0 Å². The third-order valence-electron chi connectivity index (χ3n) is 9.44. The van der Waals surface area contributed by atoms with Gasteiger partial charge in [0.15, 0.2) is 0 Å². The molecule has 2 atom stereocenters. The van der Waals surface area contributed by atoms with E-state index >= 15 is 0 Å². The van der Waals surface area contributed by atoms with Crippen LogP contribution < -0.4 is 0 Å². The Bertz CT molecular complexity index is 394. The Labute approximate surface area is 171 Å². The summed E-state index contributed by atoms with van der Waals surface area (Å²) in [4.78, 5) is 0. The summed E-state index contributed by atoms with van der Waals surface area (Å²) in [6.45, 7) is 7.79. The fourth-order valence-electron chi connectivity index (χ4n) is 7.22. The van der Waals surface area contributed by atoms with Crippen molar-refractivity contribution in [3.63, 3.8) is 0 Å². The highest BCUT2D eigenvalue weighted by Crippen LogP contribution is 2.48. The van der Waals surface area contributed by atoms with Gasteiger partial charge in [-0.2, -0.15) is 0 Å². The normalized spacial score (nSPS) is 36.1. The Hall–Kier alpha value is 0. The standard InChI is InChI=1S/C27H50/c1-22-18-20-26(21-19-22)27(2,3)25-16-7-5-4-6-12-23(15-10-11-17-25)24-13-8-9-14-24/h22-26H,4-21H2,1-3H3.